The summed E-state index contributed by atoms with van der Waals surface area (Å²) in [5, 5.41) is 0. The van der Waals surface area contributed by atoms with Crippen molar-refractivity contribution in [2.24, 2.45) is 4.99 Å². The Balaban J connectivity index is 2.02. The van der Waals surface area contributed by atoms with E-state index < -0.39 is 0 Å². The molecule has 0 radical (unpaired) electrons. The maximum Gasteiger partial charge on any atom is 0.240 e. The summed E-state index contributed by atoms with van der Waals surface area (Å²) in [5.41, 5.74) is 2.61. The number of hydrogen-bond donors (Lipinski definition) is 0. The highest BCUT2D eigenvalue weighted by Gasteiger charge is 1.95. The molecule has 2 aromatic rings. The van der Waals surface area contributed by atoms with Gasteiger partial charge in [-0.25, -0.2) is 4.79 Å². The number of hydrogen-bond acceptors (Lipinski definition) is 2. The largest absolute Gasteiger partial charge is 0.240 e. The van der Waals surface area contributed by atoms with Gasteiger partial charge in [0.2, 0.25) is 6.08 Å². The Bertz CT molecular complexity index is 644. The molecule has 92 valence electrons. The van der Waals surface area contributed by atoms with Crippen molar-refractivity contribution in [3.05, 3.63) is 65.7 Å². The summed E-state index contributed by atoms with van der Waals surface area (Å²) in [4.78, 5) is 13.9. The molecular formula is C17H13NO. The first kappa shape index (κ1) is 12.8. The molecule has 2 aromatic carbocycles. The van der Waals surface area contributed by atoms with Crippen LogP contribution in [0, 0.1) is 11.8 Å². The fraction of sp³-hybridized carbons (Fsp3) is 0.118. The average molecular weight is 247 g/mol. The first-order valence-electron chi connectivity index (χ1n) is 6.10. The molecule has 0 spiro atoms. The fourth-order valence-electron chi connectivity index (χ4n) is 1.74. The van der Waals surface area contributed by atoms with Gasteiger partial charge in [-0.2, -0.15) is 4.99 Å². The molecule has 0 aliphatic carbocycles. The second-order valence-corrected chi connectivity index (χ2v) is 4.01. The molecule has 0 aliphatic heterocycles. The highest BCUT2D eigenvalue weighted by atomic mass is 16.1. The minimum atomic E-state index is 0.574. The highest BCUT2D eigenvalue weighted by molar-refractivity contribution is 5.59. The zero-order valence-electron chi connectivity index (χ0n) is 10.5. The number of rotatable bonds is 3. The summed E-state index contributed by atoms with van der Waals surface area (Å²) in [7, 11) is 0. The van der Waals surface area contributed by atoms with Gasteiger partial charge in [-0.1, -0.05) is 54.3 Å². The Morgan fingerprint density at radius 2 is 1.68 bits per heavy atom. The van der Waals surface area contributed by atoms with Crippen LogP contribution in [0.25, 0.3) is 0 Å². The van der Waals surface area contributed by atoms with Gasteiger partial charge in [0, 0.05) is 6.42 Å². The fourth-order valence-corrected chi connectivity index (χ4v) is 1.74. The van der Waals surface area contributed by atoms with Crippen molar-refractivity contribution < 1.29 is 4.79 Å². The molecule has 0 atom stereocenters. The molecular weight excluding hydrogens is 234 g/mol. The predicted octanol–water partition coefficient (Wildman–Crippen LogP) is 3.64. The molecule has 0 aromatic heterocycles. The van der Waals surface area contributed by atoms with E-state index in [0.29, 0.717) is 5.69 Å². The van der Waals surface area contributed by atoms with E-state index in [2.05, 4.69) is 29.0 Å². The summed E-state index contributed by atoms with van der Waals surface area (Å²) in [6.45, 7) is 0. The van der Waals surface area contributed by atoms with Crippen LogP contribution in [0.3, 0.4) is 0 Å². The number of benzene rings is 2. The summed E-state index contributed by atoms with van der Waals surface area (Å²) in [6.07, 6.45) is 3.25. The number of nitrogens with zero attached hydrogens (tertiary/aromatic N) is 1. The van der Waals surface area contributed by atoms with Crippen LogP contribution in [-0.4, -0.2) is 6.08 Å². The van der Waals surface area contributed by atoms with Crippen LogP contribution in [0.1, 0.15) is 17.5 Å². The topological polar surface area (TPSA) is 29.4 Å². The molecule has 0 bridgehead atoms. The Morgan fingerprint density at radius 1 is 0.947 bits per heavy atom. The quantitative estimate of drug-likeness (QED) is 0.462. The van der Waals surface area contributed by atoms with Crippen LogP contribution in [0.2, 0.25) is 0 Å². The van der Waals surface area contributed by atoms with Gasteiger partial charge in [-0.3, -0.25) is 0 Å². The third-order valence-corrected chi connectivity index (χ3v) is 2.67. The molecule has 0 N–H and O–H groups in total. The lowest BCUT2D eigenvalue weighted by atomic mass is 10.1. The van der Waals surface area contributed by atoms with Gasteiger partial charge >= 0.3 is 0 Å². The Morgan fingerprint density at radius 3 is 2.47 bits per heavy atom. The molecule has 0 aliphatic rings. The first-order chi connectivity index (χ1) is 9.40. The van der Waals surface area contributed by atoms with Gasteiger partial charge in [-0.05, 0) is 24.1 Å². The predicted molar refractivity (Wildman–Crippen MR) is 75.9 cm³/mol. The lowest BCUT2D eigenvalue weighted by Crippen LogP contribution is -1.82. The SMILES string of the molecule is O=C=Nc1ccccc1C#CCCc1ccccc1. The molecule has 19 heavy (non-hydrogen) atoms. The average Bonchev–Trinajstić information content (AvgIpc) is 2.47. The summed E-state index contributed by atoms with van der Waals surface area (Å²) >= 11 is 0. The van der Waals surface area contributed by atoms with Crippen molar-refractivity contribution in [1.82, 2.24) is 0 Å². The molecule has 0 amide bonds. The zero-order valence-corrected chi connectivity index (χ0v) is 10.5. The van der Waals surface area contributed by atoms with Crippen LogP contribution in [0.4, 0.5) is 5.69 Å². The third-order valence-electron chi connectivity index (χ3n) is 2.67. The van der Waals surface area contributed by atoms with Crippen LogP contribution in [0.15, 0.2) is 59.6 Å². The number of aliphatic imine (C=N–C) groups is 1. The Labute approximate surface area is 112 Å². The minimum absolute atomic E-state index is 0.574. The molecule has 0 fully saturated rings. The first-order valence-corrected chi connectivity index (χ1v) is 6.10. The van der Waals surface area contributed by atoms with Gasteiger partial charge in [-0.15, -0.1) is 0 Å². The van der Waals surface area contributed by atoms with Crippen molar-refractivity contribution in [2.75, 3.05) is 0 Å². The van der Waals surface area contributed by atoms with Gasteiger partial charge < -0.3 is 0 Å². The summed E-state index contributed by atoms with van der Waals surface area (Å²) < 4.78 is 0. The van der Waals surface area contributed by atoms with Crippen molar-refractivity contribution in [2.45, 2.75) is 12.8 Å². The molecule has 2 nitrogen and oxygen atoms in total. The van der Waals surface area contributed by atoms with E-state index in [1.165, 1.54) is 5.56 Å². The molecule has 2 heteroatoms. The van der Waals surface area contributed by atoms with Crippen molar-refractivity contribution in [3.8, 4) is 11.8 Å². The van der Waals surface area contributed by atoms with Gasteiger partial charge in [0.25, 0.3) is 0 Å². The smallest absolute Gasteiger partial charge is 0.211 e. The number of carbonyl (C=O) groups excluding carboxylic acids is 1. The zero-order chi connectivity index (χ0) is 13.3. The summed E-state index contributed by atoms with van der Waals surface area (Å²) in [5.74, 6) is 6.15. The second-order valence-electron chi connectivity index (χ2n) is 4.01. The van der Waals surface area contributed by atoms with E-state index in [-0.39, 0.29) is 0 Å². The summed E-state index contributed by atoms with van der Waals surface area (Å²) in [6, 6.07) is 17.5. The van der Waals surface area contributed by atoms with Gasteiger partial charge in [0.05, 0.1) is 11.3 Å². The Kier molecular flexibility index (Phi) is 4.70. The van der Waals surface area contributed by atoms with Crippen molar-refractivity contribution >= 4 is 11.8 Å². The van der Waals surface area contributed by atoms with E-state index in [9.17, 15) is 4.79 Å². The van der Waals surface area contributed by atoms with Crippen molar-refractivity contribution in [3.63, 3.8) is 0 Å². The lowest BCUT2D eigenvalue weighted by Gasteiger charge is -1.96. The van der Waals surface area contributed by atoms with Crippen molar-refractivity contribution in [1.29, 1.82) is 0 Å². The maximum absolute atomic E-state index is 10.3. The maximum atomic E-state index is 10.3. The van der Waals surface area contributed by atoms with Gasteiger partial charge in [0.15, 0.2) is 0 Å². The van der Waals surface area contributed by atoms with E-state index >= 15 is 0 Å². The Hall–Kier alpha value is -2.62. The number of aryl methyl sites for hydroxylation is 1. The molecule has 0 saturated carbocycles. The molecule has 0 saturated heterocycles. The highest BCUT2D eigenvalue weighted by Crippen LogP contribution is 2.16. The van der Waals surface area contributed by atoms with Crippen LogP contribution in [-0.2, 0) is 11.2 Å². The second kappa shape index (κ2) is 6.96. The lowest BCUT2D eigenvalue weighted by molar-refractivity contribution is 0.565. The van der Waals surface area contributed by atoms with Crippen LogP contribution in [0.5, 0.6) is 0 Å². The van der Waals surface area contributed by atoms with E-state index in [0.717, 1.165) is 18.4 Å². The number of isocyanates is 1. The van der Waals surface area contributed by atoms with Crippen LogP contribution >= 0.6 is 0 Å². The number of para-hydroxylation sites is 1. The molecule has 0 unspecified atom stereocenters. The molecule has 0 heterocycles. The van der Waals surface area contributed by atoms with E-state index in [1.807, 2.05) is 36.4 Å². The third kappa shape index (κ3) is 3.96. The standard InChI is InChI=1S/C17H13NO/c19-14-18-17-13-7-6-12-16(17)11-5-4-10-15-8-2-1-3-9-15/h1-3,6-9,12-13H,4,10H2. The normalized spacial score (nSPS) is 9.05. The van der Waals surface area contributed by atoms with Gasteiger partial charge in [0.1, 0.15) is 0 Å². The monoisotopic (exact) mass is 247 g/mol. The van der Waals surface area contributed by atoms with Crippen LogP contribution < -0.4 is 0 Å². The van der Waals surface area contributed by atoms with E-state index in [1.54, 1.807) is 12.1 Å². The van der Waals surface area contributed by atoms with E-state index in [4.69, 9.17) is 0 Å². The molecule has 2 rings (SSSR count). The minimum Gasteiger partial charge on any atom is -0.211 e.